The van der Waals surface area contributed by atoms with E-state index in [-0.39, 0.29) is 0 Å². The van der Waals surface area contributed by atoms with E-state index in [9.17, 15) is 0 Å². The molecule has 0 saturated heterocycles. The Hall–Kier alpha value is 0. The van der Waals surface area contributed by atoms with Crippen LogP contribution in [-0.2, 0) is 0 Å². The van der Waals surface area contributed by atoms with Crippen molar-refractivity contribution >= 4 is 0 Å². The van der Waals surface area contributed by atoms with Crippen molar-refractivity contribution in [2.75, 3.05) is 0 Å². The zero-order valence-electron chi connectivity index (χ0n) is 11.5. The van der Waals surface area contributed by atoms with Crippen LogP contribution in [0.5, 0.6) is 0 Å². The van der Waals surface area contributed by atoms with Gasteiger partial charge < -0.3 is 0 Å². The maximum absolute atomic E-state index is 2.42. The minimum absolute atomic E-state index is 0.809. The molecule has 0 aliphatic heterocycles. The van der Waals surface area contributed by atoms with Gasteiger partial charge in [0.2, 0.25) is 0 Å². The third-order valence-corrected chi connectivity index (χ3v) is 4.09. The quantitative estimate of drug-likeness (QED) is 0.593. The highest BCUT2D eigenvalue weighted by Crippen LogP contribution is 2.36. The Balaban J connectivity index is 4.59. The second-order valence-electron chi connectivity index (χ2n) is 6.03. The van der Waals surface area contributed by atoms with Crippen molar-refractivity contribution < 1.29 is 0 Å². The van der Waals surface area contributed by atoms with E-state index < -0.39 is 0 Å². The number of hydrogen-bond donors (Lipinski definition) is 0. The van der Waals surface area contributed by atoms with Crippen LogP contribution in [0, 0.1) is 35.5 Å². The molecule has 0 nitrogen and oxygen atoms in total. The van der Waals surface area contributed by atoms with E-state index in [1.165, 1.54) is 0 Å². The van der Waals surface area contributed by atoms with Gasteiger partial charge in [0.05, 0.1) is 0 Å². The van der Waals surface area contributed by atoms with Gasteiger partial charge in [0.1, 0.15) is 0 Å². The third kappa shape index (κ3) is 3.63. The molecular formula is C14H30. The highest BCUT2D eigenvalue weighted by molar-refractivity contribution is 4.78. The van der Waals surface area contributed by atoms with E-state index in [1.807, 2.05) is 0 Å². The van der Waals surface area contributed by atoms with Crippen LogP contribution in [0.15, 0.2) is 0 Å². The monoisotopic (exact) mass is 198 g/mol. The van der Waals surface area contributed by atoms with Crippen LogP contribution in [0.25, 0.3) is 0 Å². The molecule has 0 aromatic rings. The fraction of sp³-hybridized carbons (Fsp3) is 1.00. The van der Waals surface area contributed by atoms with Crippen molar-refractivity contribution in [3.05, 3.63) is 0 Å². The molecule has 0 amide bonds. The molecule has 0 aliphatic carbocycles. The van der Waals surface area contributed by atoms with E-state index in [0.717, 1.165) is 35.5 Å². The van der Waals surface area contributed by atoms with Gasteiger partial charge in [-0.1, -0.05) is 55.4 Å². The first-order chi connectivity index (χ1) is 6.29. The number of hydrogen-bond acceptors (Lipinski definition) is 0. The zero-order valence-corrected chi connectivity index (χ0v) is 11.5. The highest BCUT2D eigenvalue weighted by atomic mass is 14.3. The molecule has 2 unspecified atom stereocenters. The Labute approximate surface area is 91.5 Å². The summed E-state index contributed by atoms with van der Waals surface area (Å²) < 4.78 is 0. The van der Waals surface area contributed by atoms with E-state index in [1.54, 1.807) is 0 Å². The minimum Gasteiger partial charge on any atom is -0.0625 e. The predicted octanol–water partition coefficient (Wildman–Crippen LogP) is 4.84. The fourth-order valence-corrected chi connectivity index (χ4v) is 2.58. The van der Waals surface area contributed by atoms with E-state index in [4.69, 9.17) is 0 Å². The summed E-state index contributed by atoms with van der Waals surface area (Å²) in [5, 5.41) is 0. The minimum atomic E-state index is 0.809. The van der Waals surface area contributed by atoms with Crippen molar-refractivity contribution in [1.82, 2.24) is 0 Å². The summed E-state index contributed by atoms with van der Waals surface area (Å²) in [5.74, 6) is 4.98. The van der Waals surface area contributed by atoms with Gasteiger partial charge in [0.25, 0.3) is 0 Å². The number of rotatable bonds is 5. The first kappa shape index (κ1) is 14.0. The Morgan fingerprint density at radius 3 is 0.857 bits per heavy atom. The van der Waals surface area contributed by atoms with Gasteiger partial charge >= 0.3 is 0 Å². The van der Waals surface area contributed by atoms with Gasteiger partial charge in [0, 0.05) is 0 Å². The maximum atomic E-state index is 2.42. The van der Waals surface area contributed by atoms with E-state index >= 15 is 0 Å². The summed E-state index contributed by atoms with van der Waals surface area (Å²) in [6, 6.07) is 0. The summed E-state index contributed by atoms with van der Waals surface area (Å²) in [6.07, 6.45) is 0. The van der Waals surface area contributed by atoms with Crippen molar-refractivity contribution in [1.29, 1.82) is 0 Å². The molecule has 0 aromatic heterocycles. The van der Waals surface area contributed by atoms with Crippen molar-refractivity contribution in [2.45, 2.75) is 55.4 Å². The van der Waals surface area contributed by atoms with E-state index in [0.29, 0.717) is 0 Å². The predicted molar refractivity (Wildman–Crippen MR) is 66.3 cm³/mol. The molecule has 0 bridgehead atoms. The molecule has 0 heterocycles. The Morgan fingerprint density at radius 2 is 0.714 bits per heavy atom. The Morgan fingerprint density at radius 1 is 0.429 bits per heavy atom. The SMILES string of the molecule is CC(C)C(C)C(C(C)C)C(C)C(C)C. The smallest absolute Gasteiger partial charge is 0.0335 e. The molecule has 2 atom stereocenters. The fourth-order valence-electron chi connectivity index (χ4n) is 2.58. The van der Waals surface area contributed by atoms with Crippen LogP contribution in [0.4, 0.5) is 0 Å². The lowest BCUT2D eigenvalue weighted by molar-refractivity contribution is 0.118. The van der Waals surface area contributed by atoms with Crippen LogP contribution < -0.4 is 0 Å². The highest BCUT2D eigenvalue weighted by Gasteiger charge is 2.29. The molecule has 0 fully saturated rings. The van der Waals surface area contributed by atoms with E-state index in [2.05, 4.69) is 55.4 Å². The van der Waals surface area contributed by atoms with Gasteiger partial charge in [-0.2, -0.15) is 0 Å². The second kappa shape index (κ2) is 5.78. The second-order valence-corrected chi connectivity index (χ2v) is 6.03. The normalized spacial score (nSPS) is 19.1. The molecule has 0 saturated carbocycles. The largest absolute Gasteiger partial charge is 0.0625 e. The maximum Gasteiger partial charge on any atom is -0.0335 e. The van der Waals surface area contributed by atoms with Gasteiger partial charge in [-0.25, -0.2) is 0 Å². The van der Waals surface area contributed by atoms with Crippen molar-refractivity contribution in [3.8, 4) is 0 Å². The first-order valence-electron chi connectivity index (χ1n) is 6.29. The molecule has 0 spiro atoms. The molecule has 14 heavy (non-hydrogen) atoms. The Bertz CT molecular complexity index is 130. The molecule has 86 valence electrons. The lowest BCUT2D eigenvalue weighted by atomic mass is 9.69. The van der Waals surface area contributed by atoms with Crippen molar-refractivity contribution in [3.63, 3.8) is 0 Å². The van der Waals surface area contributed by atoms with Crippen LogP contribution >= 0.6 is 0 Å². The van der Waals surface area contributed by atoms with Crippen LogP contribution in [0.2, 0.25) is 0 Å². The summed E-state index contributed by atoms with van der Waals surface area (Å²) in [5.41, 5.74) is 0. The van der Waals surface area contributed by atoms with Gasteiger partial charge in [-0.15, -0.1) is 0 Å². The van der Waals surface area contributed by atoms with Crippen LogP contribution in [0.3, 0.4) is 0 Å². The molecule has 0 rings (SSSR count). The molecule has 0 aliphatic rings. The van der Waals surface area contributed by atoms with Gasteiger partial charge in [-0.05, 0) is 35.5 Å². The average Bonchev–Trinajstić information content (AvgIpc) is 2.03. The average molecular weight is 198 g/mol. The molecule has 0 heteroatoms. The lowest BCUT2D eigenvalue weighted by Gasteiger charge is -2.37. The lowest BCUT2D eigenvalue weighted by Crippen LogP contribution is -2.30. The Kier molecular flexibility index (Phi) is 5.78. The standard InChI is InChI=1S/C14H30/c1-9(2)12(7)14(11(5)6)13(8)10(3)4/h9-14H,1-8H3. The molecule has 0 aromatic carbocycles. The topological polar surface area (TPSA) is 0 Å². The molecular weight excluding hydrogens is 168 g/mol. The van der Waals surface area contributed by atoms with Gasteiger partial charge in [-0.3, -0.25) is 0 Å². The summed E-state index contributed by atoms with van der Waals surface area (Å²) in [7, 11) is 0. The summed E-state index contributed by atoms with van der Waals surface area (Å²) in [6.45, 7) is 19.0. The molecule has 0 radical (unpaired) electrons. The van der Waals surface area contributed by atoms with Crippen LogP contribution in [0.1, 0.15) is 55.4 Å². The van der Waals surface area contributed by atoms with Crippen LogP contribution in [-0.4, -0.2) is 0 Å². The summed E-state index contributed by atoms with van der Waals surface area (Å²) in [4.78, 5) is 0. The first-order valence-corrected chi connectivity index (χ1v) is 6.29. The molecule has 0 N–H and O–H groups in total. The summed E-state index contributed by atoms with van der Waals surface area (Å²) >= 11 is 0. The zero-order chi connectivity index (χ0) is 11.5. The third-order valence-electron chi connectivity index (χ3n) is 4.09. The van der Waals surface area contributed by atoms with Gasteiger partial charge in [0.15, 0.2) is 0 Å². The van der Waals surface area contributed by atoms with Crippen molar-refractivity contribution in [2.24, 2.45) is 35.5 Å².